The number of hydrogen-bond donors (Lipinski definition) is 1. The Bertz CT molecular complexity index is 291. The smallest absolute Gasteiger partial charge is 0.158 e. The molecule has 0 spiro atoms. The first-order chi connectivity index (χ1) is 7.34. The SMILES string of the molecule is Nc1ccc(COC2CCCCO2)cc1. The Morgan fingerprint density at radius 2 is 2.07 bits per heavy atom. The third-order valence-electron chi connectivity index (χ3n) is 2.55. The molecule has 0 aliphatic carbocycles. The summed E-state index contributed by atoms with van der Waals surface area (Å²) in [5, 5.41) is 0. The minimum Gasteiger partial charge on any atom is -0.399 e. The molecule has 1 aromatic rings. The Labute approximate surface area is 90.2 Å². The quantitative estimate of drug-likeness (QED) is 0.773. The first kappa shape index (κ1) is 10.5. The van der Waals surface area contributed by atoms with E-state index in [-0.39, 0.29) is 6.29 Å². The van der Waals surface area contributed by atoms with E-state index >= 15 is 0 Å². The van der Waals surface area contributed by atoms with Gasteiger partial charge in [-0.15, -0.1) is 0 Å². The standard InChI is InChI=1S/C12H17NO2/c13-11-6-4-10(5-7-11)9-15-12-3-1-2-8-14-12/h4-7,12H,1-3,8-9,13H2. The molecule has 1 aromatic carbocycles. The van der Waals surface area contributed by atoms with Crippen LogP contribution < -0.4 is 5.73 Å². The molecule has 0 aromatic heterocycles. The first-order valence-electron chi connectivity index (χ1n) is 5.42. The second kappa shape index (κ2) is 5.14. The summed E-state index contributed by atoms with van der Waals surface area (Å²) in [7, 11) is 0. The van der Waals surface area contributed by atoms with Crippen molar-refractivity contribution in [1.82, 2.24) is 0 Å². The lowest BCUT2D eigenvalue weighted by Crippen LogP contribution is -2.21. The zero-order valence-electron chi connectivity index (χ0n) is 8.82. The lowest BCUT2D eigenvalue weighted by Gasteiger charge is -2.22. The van der Waals surface area contributed by atoms with Gasteiger partial charge in [0.1, 0.15) is 0 Å². The van der Waals surface area contributed by atoms with Crippen molar-refractivity contribution < 1.29 is 9.47 Å². The van der Waals surface area contributed by atoms with Crippen molar-refractivity contribution in [3.8, 4) is 0 Å². The van der Waals surface area contributed by atoms with Gasteiger partial charge in [0.05, 0.1) is 6.61 Å². The summed E-state index contributed by atoms with van der Waals surface area (Å²) in [5.74, 6) is 0. The molecule has 1 unspecified atom stereocenters. The van der Waals surface area contributed by atoms with Gasteiger partial charge in [-0.3, -0.25) is 0 Å². The van der Waals surface area contributed by atoms with Gasteiger partial charge in [-0.05, 0) is 37.0 Å². The van der Waals surface area contributed by atoms with Gasteiger partial charge >= 0.3 is 0 Å². The van der Waals surface area contributed by atoms with E-state index in [0.29, 0.717) is 6.61 Å². The monoisotopic (exact) mass is 207 g/mol. The van der Waals surface area contributed by atoms with Gasteiger partial charge in [0.15, 0.2) is 6.29 Å². The second-order valence-corrected chi connectivity index (χ2v) is 3.85. The molecule has 15 heavy (non-hydrogen) atoms. The van der Waals surface area contributed by atoms with E-state index in [0.717, 1.165) is 30.7 Å². The highest BCUT2D eigenvalue weighted by molar-refractivity contribution is 5.39. The average Bonchev–Trinajstić information content (AvgIpc) is 2.30. The second-order valence-electron chi connectivity index (χ2n) is 3.85. The number of nitrogen functional groups attached to an aromatic ring is 1. The van der Waals surface area contributed by atoms with Gasteiger partial charge < -0.3 is 15.2 Å². The molecule has 1 atom stereocenters. The van der Waals surface area contributed by atoms with Crippen molar-refractivity contribution >= 4 is 5.69 Å². The summed E-state index contributed by atoms with van der Waals surface area (Å²) in [6.45, 7) is 1.43. The third-order valence-corrected chi connectivity index (χ3v) is 2.55. The molecule has 2 N–H and O–H groups in total. The van der Waals surface area contributed by atoms with E-state index < -0.39 is 0 Å². The molecule has 0 radical (unpaired) electrons. The summed E-state index contributed by atoms with van der Waals surface area (Å²) >= 11 is 0. The van der Waals surface area contributed by atoms with Crippen molar-refractivity contribution in [3.05, 3.63) is 29.8 Å². The Morgan fingerprint density at radius 3 is 2.73 bits per heavy atom. The highest BCUT2D eigenvalue weighted by Gasteiger charge is 2.13. The van der Waals surface area contributed by atoms with E-state index in [4.69, 9.17) is 15.2 Å². The zero-order valence-corrected chi connectivity index (χ0v) is 8.82. The van der Waals surface area contributed by atoms with Crippen molar-refractivity contribution in [3.63, 3.8) is 0 Å². The van der Waals surface area contributed by atoms with Gasteiger partial charge in [-0.25, -0.2) is 0 Å². The van der Waals surface area contributed by atoms with Crippen LogP contribution >= 0.6 is 0 Å². The number of hydrogen-bond acceptors (Lipinski definition) is 3. The van der Waals surface area contributed by atoms with Crippen LogP contribution in [-0.4, -0.2) is 12.9 Å². The maximum Gasteiger partial charge on any atom is 0.158 e. The van der Waals surface area contributed by atoms with Crippen molar-refractivity contribution in [2.75, 3.05) is 12.3 Å². The van der Waals surface area contributed by atoms with E-state index in [9.17, 15) is 0 Å². The molecule has 2 rings (SSSR count). The van der Waals surface area contributed by atoms with Crippen molar-refractivity contribution in [1.29, 1.82) is 0 Å². The van der Waals surface area contributed by atoms with Crippen LogP contribution in [0.4, 0.5) is 5.69 Å². The van der Waals surface area contributed by atoms with Gasteiger partial charge in [0, 0.05) is 12.3 Å². The van der Waals surface area contributed by atoms with Crippen LogP contribution in [-0.2, 0) is 16.1 Å². The van der Waals surface area contributed by atoms with E-state index in [2.05, 4.69) is 0 Å². The van der Waals surface area contributed by atoms with Crippen molar-refractivity contribution in [2.45, 2.75) is 32.2 Å². The minimum atomic E-state index is -0.0173. The Kier molecular flexibility index (Phi) is 3.59. The molecule has 82 valence electrons. The fourth-order valence-corrected chi connectivity index (χ4v) is 1.65. The molecular weight excluding hydrogens is 190 g/mol. The summed E-state index contributed by atoms with van der Waals surface area (Å²) in [4.78, 5) is 0. The van der Waals surface area contributed by atoms with Crippen LogP contribution in [0.25, 0.3) is 0 Å². The first-order valence-corrected chi connectivity index (χ1v) is 5.42. The maximum absolute atomic E-state index is 5.65. The number of anilines is 1. The molecule has 1 aliphatic rings. The van der Waals surface area contributed by atoms with E-state index in [1.54, 1.807) is 0 Å². The fraction of sp³-hybridized carbons (Fsp3) is 0.500. The number of nitrogens with two attached hydrogens (primary N) is 1. The molecule has 1 aliphatic heterocycles. The molecule has 1 heterocycles. The third kappa shape index (κ3) is 3.22. The molecule has 1 fully saturated rings. The maximum atomic E-state index is 5.65. The molecule has 3 heteroatoms. The lowest BCUT2D eigenvalue weighted by atomic mass is 10.2. The highest BCUT2D eigenvalue weighted by atomic mass is 16.7. The largest absolute Gasteiger partial charge is 0.399 e. The summed E-state index contributed by atoms with van der Waals surface area (Å²) in [6.07, 6.45) is 3.35. The zero-order chi connectivity index (χ0) is 10.5. The van der Waals surface area contributed by atoms with Gasteiger partial charge in [-0.2, -0.15) is 0 Å². The fourth-order valence-electron chi connectivity index (χ4n) is 1.65. The molecule has 1 saturated heterocycles. The van der Waals surface area contributed by atoms with Crippen LogP contribution in [0.2, 0.25) is 0 Å². The predicted octanol–water partition coefficient (Wildman–Crippen LogP) is 2.31. The summed E-state index contributed by atoms with van der Waals surface area (Å²) in [5.41, 5.74) is 7.52. The van der Waals surface area contributed by atoms with Crippen LogP contribution in [0.5, 0.6) is 0 Å². The lowest BCUT2D eigenvalue weighted by molar-refractivity contribution is -0.168. The van der Waals surface area contributed by atoms with Crippen LogP contribution in [0, 0.1) is 0 Å². The number of ether oxygens (including phenoxy) is 2. The molecule has 0 amide bonds. The van der Waals surface area contributed by atoms with Gasteiger partial charge in [-0.1, -0.05) is 12.1 Å². The number of benzene rings is 1. The van der Waals surface area contributed by atoms with Gasteiger partial charge in [0.25, 0.3) is 0 Å². The van der Waals surface area contributed by atoms with E-state index in [1.807, 2.05) is 24.3 Å². The predicted molar refractivity (Wildman–Crippen MR) is 59.2 cm³/mol. The minimum absolute atomic E-state index is 0.0173. The van der Waals surface area contributed by atoms with Gasteiger partial charge in [0.2, 0.25) is 0 Å². The summed E-state index contributed by atoms with van der Waals surface area (Å²) in [6, 6.07) is 7.75. The molecule has 0 saturated carbocycles. The van der Waals surface area contributed by atoms with Crippen LogP contribution in [0.15, 0.2) is 24.3 Å². The topological polar surface area (TPSA) is 44.5 Å². The summed E-state index contributed by atoms with van der Waals surface area (Å²) < 4.78 is 11.1. The van der Waals surface area contributed by atoms with Crippen LogP contribution in [0.1, 0.15) is 24.8 Å². The van der Waals surface area contributed by atoms with Crippen molar-refractivity contribution in [2.24, 2.45) is 0 Å². The number of rotatable bonds is 3. The Balaban J connectivity index is 1.79. The molecule has 3 nitrogen and oxygen atoms in total. The highest BCUT2D eigenvalue weighted by Crippen LogP contribution is 2.16. The Hall–Kier alpha value is -1.06. The normalized spacial score (nSPS) is 21.5. The van der Waals surface area contributed by atoms with Crippen LogP contribution in [0.3, 0.4) is 0 Å². The molecule has 0 bridgehead atoms. The average molecular weight is 207 g/mol. The Morgan fingerprint density at radius 1 is 1.27 bits per heavy atom. The molecular formula is C12H17NO2. The van der Waals surface area contributed by atoms with E-state index in [1.165, 1.54) is 6.42 Å².